The first-order valence-electron chi connectivity index (χ1n) is 3.76. The van der Waals surface area contributed by atoms with Gasteiger partial charge in [0.2, 0.25) is 0 Å². The van der Waals surface area contributed by atoms with E-state index < -0.39 is 11.8 Å². The van der Waals surface area contributed by atoms with E-state index >= 15 is 0 Å². The van der Waals surface area contributed by atoms with E-state index in [-0.39, 0.29) is 11.2 Å². The second-order valence-electron chi connectivity index (χ2n) is 3.04. The lowest BCUT2D eigenvalue weighted by molar-refractivity contribution is -0.259. The largest absolute Gasteiger partial charge is 0.421 e. The summed E-state index contributed by atoms with van der Waals surface area (Å²) in [7, 11) is 5.21. The number of alkyl halides is 3. The highest BCUT2D eigenvalue weighted by Gasteiger charge is 2.51. The van der Waals surface area contributed by atoms with Crippen molar-refractivity contribution in [3.05, 3.63) is 23.9 Å². The number of nitrogens with zero attached hydrogens (tertiary/aromatic N) is 1. The van der Waals surface area contributed by atoms with E-state index in [1.807, 2.05) is 0 Å². The van der Waals surface area contributed by atoms with E-state index in [0.29, 0.717) is 6.92 Å². The number of hydrogen-bond donors (Lipinski definition) is 1. The smallest absolute Gasteiger partial charge is 0.376 e. The summed E-state index contributed by atoms with van der Waals surface area (Å²) < 4.78 is 36.9. The lowest BCUT2D eigenvalue weighted by atomic mass is 9.95. The van der Waals surface area contributed by atoms with Crippen LogP contribution in [0.5, 0.6) is 0 Å². The van der Waals surface area contributed by atoms with Gasteiger partial charge in [-0.25, -0.2) is 0 Å². The van der Waals surface area contributed by atoms with Gasteiger partial charge in [0.15, 0.2) is 5.60 Å². The van der Waals surface area contributed by atoms with Gasteiger partial charge in [0.1, 0.15) is 7.85 Å². The third-order valence-corrected chi connectivity index (χ3v) is 1.90. The molecule has 0 bridgehead atoms. The van der Waals surface area contributed by atoms with Crippen LogP contribution in [0.4, 0.5) is 13.2 Å². The van der Waals surface area contributed by atoms with Crippen LogP contribution in [-0.4, -0.2) is 24.1 Å². The molecule has 0 aliphatic carbocycles. The van der Waals surface area contributed by atoms with Gasteiger partial charge in [-0.3, -0.25) is 4.98 Å². The van der Waals surface area contributed by atoms with Crippen molar-refractivity contribution in [1.82, 2.24) is 4.98 Å². The Morgan fingerprint density at radius 3 is 2.29 bits per heavy atom. The van der Waals surface area contributed by atoms with Crippen LogP contribution in [0.25, 0.3) is 0 Å². The van der Waals surface area contributed by atoms with Crippen LogP contribution in [0.15, 0.2) is 18.3 Å². The molecule has 14 heavy (non-hydrogen) atoms. The molecular formula is C8H7BF3NO. The lowest BCUT2D eigenvalue weighted by Crippen LogP contribution is -2.39. The Hall–Kier alpha value is -1.04. The Labute approximate surface area is 80.2 Å². The van der Waals surface area contributed by atoms with Gasteiger partial charge in [0.05, 0.1) is 0 Å². The summed E-state index contributed by atoms with van der Waals surface area (Å²) in [6, 6.07) is 2.30. The molecule has 1 N–H and O–H groups in total. The van der Waals surface area contributed by atoms with Crippen molar-refractivity contribution < 1.29 is 18.3 Å². The molecule has 1 unspecified atom stereocenters. The SMILES string of the molecule is [B]c1ccc(C(C)(O)C(F)(F)F)cn1. The fourth-order valence-electron chi connectivity index (χ4n) is 0.857. The molecule has 0 saturated heterocycles. The first-order valence-corrected chi connectivity index (χ1v) is 3.76. The maximum atomic E-state index is 12.3. The molecule has 2 nitrogen and oxygen atoms in total. The Kier molecular flexibility index (Phi) is 2.58. The molecule has 74 valence electrons. The average molecular weight is 201 g/mol. The molecule has 0 saturated carbocycles. The van der Waals surface area contributed by atoms with Crippen molar-refractivity contribution in [1.29, 1.82) is 0 Å². The van der Waals surface area contributed by atoms with E-state index in [1.165, 1.54) is 6.07 Å². The van der Waals surface area contributed by atoms with Gasteiger partial charge >= 0.3 is 6.18 Å². The summed E-state index contributed by atoms with van der Waals surface area (Å²) in [5, 5.41) is 9.21. The number of rotatable bonds is 1. The summed E-state index contributed by atoms with van der Waals surface area (Å²) >= 11 is 0. The maximum Gasteiger partial charge on any atom is 0.421 e. The van der Waals surface area contributed by atoms with Crippen molar-refractivity contribution in [3.63, 3.8) is 0 Å². The number of aromatic nitrogens is 1. The zero-order chi connectivity index (χ0) is 11.0. The van der Waals surface area contributed by atoms with Gasteiger partial charge in [-0.15, -0.1) is 0 Å². The van der Waals surface area contributed by atoms with E-state index in [1.54, 1.807) is 0 Å². The monoisotopic (exact) mass is 201 g/mol. The lowest BCUT2D eigenvalue weighted by Gasteiger charge is -2.26. The highest BCUT2D eigenvalue weighted by Crippen LogP contribution is 2.37. The van der Waals surface area contributed by atoms with Crippen LogP contribution in [0.1, 0.15) is 12.5 Å². The molecule has 0 amide bonds. The van der Waals surface area contributed by atoms with Gasteiger partial charge in [-0.1, -0.05) is 12.1 Å². The number of hydrogen-bond acceptors (Lipinski definition) is 2. The minimum absolute atomic E-state index is 0.103. The summed E-state index contributed by atoms with van der Waals surface area (Å²) in [6.45, 7) is 0.667. The average Bonchev–Trinajstić information content (AvgIpc) is 2.03. The molecule has 1 heterocycles. The van der Waals surface area contributed by atoms with Crippen LogP contribution in [-0.2, 0) is 5.60 Å². The van der Waals surface area contributed by atoms with Crippen LogP contribution >= 0.6 is 0 Å². The quantitative estimate of drug-likeness (QED) is 0.676. The predicted octanol–water partition coefficient (Wildman–Crippen LogP) is 0.645. The fraction of sp³-hybridized carbons (Fsp3) is 0.375. The summed E-state index contributed by atoms with van der Waals surface area (Å²) in [5.41, 5.74) is -3.13. The highest BCUT2D eigenvalue weighted by molar-refractivity contribution is 6.30. The second kappa shape index (κ2) is 3.27. The molecule has 2 radical (unpaired) electrons. The molecule has 6 heteroatoms. The van der Waals surface area contributed by atoms with Gasteiger partial charge in [0.25, 0.3) is 0 Å². The van der Waals surface area contributed by atoms with Gasteiger partial charge in [0, 0.05) is 11.8 Å². The number of halogens is 3. The van der Waals surface area contributed by atoms with E-state index in [4.69, 9.17) is 7.85 Å². The maximum absolute atomic E-state index is 12.3. The molecule has 0 fully saturated rings. The van der Waals surface area contributed by atoms with E-state index in [0.717, 1.165) is 12.3 Å². The van der Waals surface area contributed by atoms with Gasteiger partial charge in [-0.05, 0) is 12.5 Å². The summed E-state index contributed by atoms with van der Waals surface area (Å²) in [5.74, 6) is 0. The van der Waals surface area contributed by atoms with Crippen molar-refractivity contribution in [2.75, 3.05) is 0 Å². The topological polar surface area (TPSA) is 33.1 Å². The normalized spacial score (nSPS) is 16.4. The van der Waals surface area contributed by atoms with Crippen molar-refractivity contribution in [2.45, 2.75) is 18.7 Å². The summed E-state index contributed by atoms with van der Waals surface area (Å²) in [6.07, 6.45) is -3.83. The summed E-state index contributed by atoms with van der Waals surface area (Å²) in [4.78, 5) is 3.48. The number of aliphatic hydroxyl groups is 1. The molecule has 0 aliphatic heterocycles. The third kappa shape index (κ3) is 1.90. The first-order chi connectivity index (χ1) is 6.25. The molecule has 1 aromatic rings. The van der Waals surface area contributed by atoms with Crippen molar-refractivity contribution >= 4 is 13.4 Å². The van der Waals surface area contributed by atoms with Crippen LogP contribution < -0.4 is 5.59 Å². The molecule has 0 aromatic carbocycles. The van der Waals surface area contributed by atoms with Gasteiger partial charge < -0.3 is 5.11 Å². The van der Waals surface area contributed by atoms with Crippen molar-refractivity contribution in [3.8, 4) is 0 Å². The van der Waals surface area contributed by atoms with Gasteiger partial charge in [-0.2, -0.15) is 13.2 Å². The minimum atomic E-state index is -4.73. The Morgan fingerprint density at radius 1 is 1.36 bits per heavy atom. The Bertz CT molecular complexity index is 320. The first kappa shape index (κ1) is 11.0. The minimum Gasteiger partial charge on any atom is -0.376 e. The molecule has 0 spiro atoms. The van der Waals surface area contributed by atoms with Crippen LogP contribution in [0.3, 0.4) is 0 Å². The molecule has 1 rings (SSSR count). The van der Waals surface area contributed by atoms with E-state index in [2.05, 4.69) is 4.98 Å². The zero-order valence-electron chi connectivity index (χ0n) is 7.34. The molecule has 1 atom stereocenters. The van der Waals surface area contributed by atoms with Crippen LogP contribution in [0, 0.1) is 0 Å². The highest BCUT2D eigenvalue weighted by atomic mass is 19.4. The Morgan fingerprint density at radius 2 is 1.93 bits per heavy atom. The van der Waals surface area contributed by atoms with E-state index in [9.17, 15) is 18.3 Å². The standard InChI is InChI=1S/C8H7BF3NO/c1-7(14,8(10,11)12)5-2-3-6(9)13-4-5/h2-4,14H,1H3. The molecule has 0 aliphatic rings. The fourth-order valence-corrected chi connectivity index (χ4v) is 0.857. The molecular weight excluding hydrogens is 194 g/mol. The zero-order valence-corrected chi connectivity index (χ0v) is 7.34. The van der Waals surface area contributed by atoms with Crippen molar-refractivity contribution in [2.24, 2.45) is 0 Å². The third-order valence-electron chi connectivity index (χ3n) is 1.90. The molecule has 1 aromatic heterocycles. The predicted molar refractivity (Wildman–Crippen MR) is 45.3 cm³/mol. The Balaban J connectivity index is 3.10. The second-order valence-corrected chi connectivity index (χ2v) is 3.04. The van der Waals surface area contributed by atoms with Crippen LogP contribution in [0.2, 0.25) is 0 Å². The number of pyridine rings is 1.